The first-order valence-corrected chi connectivity index (χ1v) is 40.4. The number of hydrogen-bond donors (Lipinski definition) is 3. The number of unbranched alkanes of at least 4 members (excludes halogenated alkanes) is 1. The molecule has 10 aliphatic carbocycles. The van der Waals surface area contributed by atoms with Gasteiger partial charge in [0.2, 0.25) is 0 Å². The van der Waals surface area contributed by atoms with Crippen molar-refractivity contribution in [2.24, 2.45) is 104 Å². The molecule has 8 nitrogen and oxygen atoms in total. The van der Waals surface area contributed by atoms with Crippen LogP contribution in [0.5, 0.6) is 0 Å². The predicted molar refractivity (Wildman–Crippen MR) is 369 cm³/mol. The Labute approximate surface area is 568 Å². The first-order chi connectivity index (χ1) is 42.0. The van der Waals surface area contributed by atoms with E-state index in [2.05, 4.69) is 83.1 Å². The van der Waals surface area contributed by atoms with E-state index in [0.29, 0.717) is 86.4 Å². The molecule has 0 bridgehead atoms. The van der Waals surface area contributed by atoms with Gasteiger partial charge in [-0.2, -0.15) is 6.42 Å². The molecule has 2 aromatic carbocycles. The van der Waals surface area contributed by atoms with E-state index in [1.165, 1.54) is 109 Å². The molecular weight excluding hydrogens is 1160 g/mol. The third kappa shape index (κ3) is 15.3. The number of sulfone groups is 2. The van der Waals surface area contributed by atoms with Crippen molar-refractivity contribution >= 4 is 19.7 Å². The number of epoxide rings is 1. The van der Waals surface area contributed by atoms with Crippen LogP contribution in [0, 0.1) is 110 Å². The van der Waals surface area contributed by atoms with Gasteiger partial charge < -0.3 is 27.0 Å². The summed E-state index contributed by atoms with van der Waals surface area (Å²) < 4.78 is 60.7. The minimum Gasteiger partial charge on any atom is -0.390 e. The average molecular weight is 1290 g/mol. The number of fused-ring (bicyclic) bond motifs is 10. The summed E-state index contributed by atoms with van der Waals surface area (Å²) in [5.74, 6) is 7.00. The van der Waals surface area contributed by atoms with Crippen LogP contribution < -0.4 is 18.9 Å². The molecule has 1 unspecified atom stereocenters. The predicted octanol–water partition coefficient (Wildman–Crippen LogP) is 16.1. The monoisotopic (exact) mass is 1290 g/mol. The molecule has 19 atom stereocenters. The number of hydrogen-bond acceptors (Lipinski definition) is 8. The van der Waals surface area contributed by atoms with Gasteiger partial charge in [0.1, 0.15) is 0 Å². The van der Waals surface area contributed by atoms with E-state index in [0.717, 1.165) is 88.1 Å². The third-order valence-corrected chi connectivity index (χ3v) is 33.8. The Morgan fingerprint density at radius 2 is 0.912 bits per heavy atom. The summed E-state index contributed by atoms with van der Waals surface area (Å²) >= 11 is 0. The van der Waals surface area contributed by atoms with Crippen molar-refractivity contribution in [1.29, 1.82) is 0 Å². The fraction of sp³-hybridized carbons (Fsp3) is 0.838. The summed E-state index contributed by atoms with van der Waals surface area (Å²) in [4.78, 5) is 0.883. The summed E-state index contributed by atoms with van der Waals surface area (Å²) in [5, 5.41) is 33.0. The van der Waals surface area contributed by atoms with Crippen molar-refractivity contribution in [3.63, 3.8) is 0 Å². The summed E-state index contributed by atoms with van der Waals surface area (Å²) in [7, 11) is -6.86. The van der Waals surface area contributed by atoms with E-state index in [1.807, 2.05) is 50.2 Å². The zero-order valence-corrected chi connectivity index (χ0v) is 61.7. The molecular formula is C80H129LiO8S2. The fourth-order valence-electron chi connectivity index (χ4n) is 23.3. The maximum Gasteiger partial charge on any atom is 1.00 e. The maximum atomic E-state index is 14.5. The first kappa shape index (κ1) is 74.0. The van der Waals surface area contributed by atoms with Crippen molar-refractivity contribution in [2.45, 2.75) is 314 Å². The van der Waals surface area contributed by atoms with Crippen LogP contribution in [0.3, 0.4) is 0 Å². The van der Waals surface area contributed by atoms with Gasteiger partial charge in [0.05, 0.1) is 49.8 Å². The van der Waals surface area contributed by atoms with Crippen LogP contribution in [-0.2, 0) is 24.4 Å². The SMILES string of the molecule is CC1(C)CCC2(CC1)CO2.C[C@H](C(CC1(O)CCC(C)(C)CC1)S(=O)(=O)c1ccccc1)[C@H]1CC[C@H]2[C@@H]3CC[C@H]4C[C@@](C)(O)CC[C@]4(C)[C@H]3CC[C@]12C.C[C@H](CS(=O)(=O)c1ccccc1)[C@H]1CC[C@H]2[C@@H]3CC[C@H]4C[C@@](C)(O)CC[C@]4(C)[C@H]3CC[C@]12C.[CH2-]CCC.[Li+]. The van der Waals surface area contributed by atoms with E-state index in [9.17, 15) is 32.2 Å². The van der Waals surface area contributed by atoms with Crippen molar-refractivity contribution in [3.05, 3.63) is 67.6 Å². The second kappa shape index (κ2) is 27.5. The minimum atomic E-state index is -3.61. The van der Waals surface area contributed by atoms with Crippen LogP contribution in [0.4, 0.5) is 0 Å². The topological polar surface area (TPSA) is 142 Å². The molecule has 10 saturated carbocycles. The van der Waals surface area contributed by atoms with Gasteiger partial charge in [-0.3, -0.25) is 0 Å². The average Bonchev–Trinajstić information content (AvgIpc) is 1.68. The van der Waals surface area contributed by atoms with Gasteiger partial charge in [-0.15, -0.1) is 0 Å². The Morgan fingerprint density at radius 3 is 1.35 bits per heavy atom. The largest absolute Gasteiger partial charge is 1.00 e. The normalized spacial score (nSPS) is 41.4. The Hall–Kier alpha value is -1.22. The molecule has 11 fully saturated rings. The van der Waals surface area contributed by atoms with E-state index in [-0.39, 0.29) is 52.7 Å². The van der Waals surface area contributed by atoms with Gasteiger partial charge in [0.15, 0.2) is 19.7 Å². The van der Waals surface area contributed by atoms with Gasteiger partial charge >= 0.3 is 18.9 Å². The molecule has 0 radical (unpaired) electrons. The number of benzene rings is 2. The van der Waals surface area contributed by atoms with Crippen molar-refractivity contribution < 1.29 is 55.8 Å². The molecule has 91 heavy (non-hydrogen) atoms. The molecule has 510 valence electrons. The molecule has 0 aromatic heterocycles. The van der Waals surface area contributed by atoms with Crippen LogP contribution in [0.1, 0.15) is 276 Å². The molecule has 1 spiro atoms. The van der Waals surface area contributed by atoms with E-state index in [1.54, 1.807) is 24.3 Å². The standard InChI is InChI=1S/C38H60O4S.C29H44O3S.C9H16O.C4H9.Li/c1-26(33(43(41,42)28-10-8-7-9-11-28)25-38(40)22-18-34(2,3)19-23-38)30-14-15-31-29-13-12-27-24-35(4,39)20-21-36(27,5)32(29)16-17-37(30,31)6;1-20(19-33(31,32)22-8-6-5-7-9-22)24-12-13-25-23-11-10-21-18-27(2,30)16-17-28(21,3)26(23)14-15-29(24,25)4;1-8(2)3-5-9(6-4-8)7-10-9;1-3-4-2;/h7-11,26-27,29-33,39-40H,12-25H2,1-6H3;5-9,20-21,23-26,30H,10-19H2,1-4H3;3-7H2,1-2H3;1,3-4H2,2H3;/q;;;-1;+1/t26-,27-,29-,30+,31-,32-,33?,35-,36-,37+;20-,21+,23+,24-,25+,26+,27+,28+,29-;;;/m01.../s1. The zero-order chi connectivity index (χ0) is 65.4. The minimum absolute atomic E-state index is 0. The molecule has 11 heteroatoms. The van der Waals surface area contributed by atoms with Gasteiger partial charge in [0.25, 0.3) is 0 Å². The molecule has 3 N–H and O–H groups in total. The zero-order valence-electron chi connectivity index (χ0n) is 60.1. The quantitative estimate of drug-likeness (QED) is 0.115. The van der Waals surface area contributed by atoms with Crippen molar-refractivity contribution in [2.75, 3.05) is 12.4 Å². The number of ether oxygens (including phenoxy) is 1. The molecule has 2 aromatic rings. The second-order valence-corrected chi connectivity index (χ2v) is 40.8. The Balaban J connectivity index is 0.000000179. The summed E-state index contributed by atoms with van der Waals surface area (Å²) in [6.45, 7) is 34.7. The second-order valence-electron chi connectivity index (χ2n) is 36.6. The smallest absolute Gasteiger partial charge is 0.390 e. The molecule has 1 heterocycles. The summed E-state index contributed by atoms with van der Waals surface area (Å²) in [6, 6.07) is 18.1. The van der Waals surface area contributed by atoms with E-state index >= 15 is 0 Å². The van der Waals surface area contributed by atoms with Crippen LogP contribution in [0.25, 0.3) is 0 Å². The van der Waals surface area contributed by atoms with Gasteiger partial charge in [-0.05, 0) is 315 Å². The van der Waals surface area contributed by atoms with E-state index in [4.69, 9.17) is 4.74 Å². The van der Waals surface area contributed by atoms with E-state index < -0.39 is 41.7 Å². The number of rotatable bonds is 11. The Kier molecular flexibility index (Phi) is 22.3. The van der Waals surface area contributed by atoms with Gasteiger partial charge in [-0.25, -0.2) is 16.8 Å². The van der Waals surface area contributed by atoms with Crippen molar-refractivity contribution in [3.8, 4) is 0 Å². The molecule has 1 saturated heterocycles. The third-order valence-electron chi connectivity index (χ3n) is 29.6. The molecule has 11 aliphatic rings. The van der Waals surface area contributed by atoms with Crippen molar-refractivity contribution in [1.82, 2.24) is 0 Å². The molecule has 13 rings (SSSR count). The Morgan fingerprint density at radius 1 is 0.505 bits per heavy atom. The van der Waals surface area contributed by atoms with Crippen LogP contribution in [-0.4, -0.2) is 72.2 Å². The maximum absolute atomic E-state index is 14.5. The fourth-order valence-corrected chi connectivity index (χ4v) is 27.2. The summed E-state index contributed by atoms with van der Waals surface area (Å²) in [5.41, 5.74) is 0.417. The Bertz CT molecular complexity index is 2930. The van der Waals surface area contributed by atoms with Crippen LogP contribution in [0.15, 0.2) is 70.5 Å². The van der Waals surface area contributed by atoms with Gasteiger partial charge in [-0.1, -0.05) is 119 Å². The number of aliphatic hydroxyl groups is 3. The van der Waals surface area contributed by atoms with Gasteiger partial charge in [0, 0.05) is 0 Å². The van der Waals surface area contributed by atoms with Crippen LogP contribution in [0.2, 0.25) is 0 Å². The molecule has 0 amide bonds. The molecule has 1 aliphatic heterocycles. The van der Waals surface area contributed by atoms with Crippen LogP contribution >= 0.6 is 0 Å². The first-order valence-electron chi connectivity index (χ1n) is 37.2. The summed E-state index contributed by atoms with van der Waals surface area (Å²) in [6.07, 6.45) is 32.1.